The van der Waals surface area contributed by atoms with Gasteiger partial charge >= 0.3 is 0 Å². The Bertz CT molecular complexity index is 1280. The molecule has 32 heavy (non-hydrogen) atoms. The monoisotopic (exact) mass is 435 g/mol. The number of benzene rings is 2. The standard InChI is InChI=1S/C24H22FN3O4/c1-14-21-18(12-19(26-23(21)32-27-14)15-8-10-17(25)11-9-15)24(29)28(2)13-16-6-5-7-20(30-3)22(16)31-4/h5-12H,13H2,1-4H3. The van der Waals surface area contributed by atoms with Crippen LogP contribution in [0.25, 0.3) is 22.4 Å². The first-order chi connectivity index (χ1) is 15.4. The minimum absolute atomic E-state index is 0.239. The number of hydrogen-bond acceptors (Lipinski definition) is 6. The van der Waals surface area contributed by atoms with Crippen LogP contribution in [0.4, 0.5) is 4.39 Å². The van der Waals surface area contributed by atoms with Crippen molar-refractivity contribution in [1.29, 1.82) is 0 Å². The molecule has 0 saturated heterocycles. The van der Waals surface area contributed by atoms with Gasteiger partial charge in [-0.3, -0.25) is 4.79 Å². The van der Waals surface area contributed by atoms with Gasteiger partial charge in [0.05, 0.1) is 36.6 Å². The zero-order valence-electron chi connectivity index (χ0n) is 18.2. The molecule has 0 aliphatic heterocycles. The SMILES string of the molecule is COc1cccc(CN(C)C(=O)c2cc(-c3ccc(F)cc3)nc3onc(C)c23)c1OC. The fraction of sp³-hybridized carbons (Fsp3) is 0.208. The number of rotatable bonds is 6. The van der Waals surface area contributed by atoms with E-state index in [2.05, 4.69) is 10.1 Å². The van der Waals surface area contributed by atoms with Crippen molar-refractivity contribution in [2.75, 3.05) is 21.3 Å². The first kappa shape index (κ1) is 21.3. The molecule has 1 amide bonds. The van der Waals surface area contributed by atoms with Gasteiger partial charge in [0.1, 0.15) is 5.82 Å². The van der Waals surface area contributed by atoms with Gasteiger partial charge in [-0.15, -0.1) is 0 Å². The molecular weight excluding hydrogens is 413 g/mol. The zero-order valence-corrected chi connectivity index (χ0v) is 18.2. The third-order valence-electron chi connectivity index (χ3n) is 5.23. The Balaban J connectivity index is 1.74. The number of pyridine rings is 1. The highest BCUT2D eigenvalue weighted by Gasteiger charge is 2.23. The second-order valence-corrected chi connectivity index (χ2v) is 7.32. The van der Waals surface area contributed by atoms with Crippen LogP contribution in [-0.2, 0) is 6.54 Å². The van der Waals surface area contributed by atoms with Gasteiger partial charge in [0.25, 0.3) is 11.6 Å². The third kappa shape index (κ3) is 3.87. The molecule has 2 aromatic heterocycles. The predicted molar refractivity (Wildman–Crippen MR) is 117 cm³/mol. The molecule has 8 heteroatoms. The van der Waals surface area contributed by atoms with Crippen molar-refractivity contribution >= 4 is 17.0 Å². The Morgan fingerprint density at radius 3 is 2.56 bits per heavy atom. The van der Waals surface area contributed by atoms with E-state index in [1.807, 2.05) is 12.1 Å². The van der Waals surface area contributed by atoms with Gasteiger partial charge in [0.15, 0.2) is 11.5 Å². The summed E-state index contributed by atoms with van der Waals surface area (Å²) >= 11 is 0. The minimum Gasteiger partial charge on any atom is -0.493 e. The molecule has 2 heterocycles. The Labute approximate surface area is 184 Å². The van der Waals surface area contributed by atoms with Crippen LogP contribution in [0.2, 0.25) is 0 Å². The van der Waals surface area contributed by atoms with Gasteiger partial charge in [-0.25, -0.2) is 9.37 Å². The van der Waals surface area contributed by atoms with Crippen molar-refractivity contribution in [3.63, 3.8) is 0 Å². The van der Waals surface area contributed by atoms with Gasteiger partial charge in [0, 0.05) is 24.7 Å². The number of nitrogens with zero attached hydrogens (tertiary/aromatic N) is 3. The van der Waals surface area contributed by atoms with Crippen molar-refractivity contribution in [3.8, 4) is 22.8 Å². The van der Waals surface area contributed by atoms with Crippen molar-refractivity contribution in [2.24, 2.45) is 0 Å². The lowest BCUT2D eigenvalue weighted by molar-refractivity contribution is 0.0786. The maximum Gasteiger partial charge on any atom is 0.259 e. The zero-order chi connectivity index (χ0) is 22.8. The van der Waals surface area contributed by atoms with Crippen LogP contribution in [-0.4, -0.2) is 42.2 Å². The summed E-state index contributed by atoms with van der Waals surface area (Å²) in [4.78, 5) is 19.6. The molecule has 7 nitrogen and oxygen atoms in total. The number of para-hydroxylation sites is 1. The van der Waals surface area contributed by atoms with E-state index in [-0.39, 0.29) is 17.4 Å². The number of amides is 1. The van der Waals surface area contributed by atoms with E-state index in [9.17, 15) is 9.18 Å². The highest BCUT2D eigenvalue weighted by molar-refractivity contribution is 6.06. The topological polar surface area (TPSA) is 77.7 Å². The summed E-state index contributed by atoms with van der Waals surface area (Å²) in [7, 11) is 4.83. The smallest absolute Gasteiger partial charge is 0.259 e. The number of ether oxygens (including phenoxy) is 2. The highest BCUT2D eigenvalue weighted by Crippen LogP contribution is 2.32. The van der Waals surface area contributed by atoms with Gasteiger partial charge in [-0.05, 0) is 43.3 Å². The van der Waals surface area contributed by atoms with Crippen LogP contribution in [0.3, 0.4) is 0 Å². The normalized spacial score (nSPS) is 10.9. The van der Waals surface area contributed by atoms with E-state index in [1.54, 1.807) is 57.4 Å². The molecular formula is C24H22FN3O4. The second kappa shape index (κ2) is 8.66. The summed E-state index contributed by atoms with van der Waals surface area (Å²) in [5.74, 6) is 0.568. The lowest BCUT2D eigenvalue weighted by Crippen LogP contribution is -2.27. The molecule has 0 aliphatic rings. The maximum absolute atomic E-state index is 13.5. The molecule has 0 fully saturated rings. The summed E-state index contributed by atoms with van der Waals surface area (Å²) in [6, 6.07) is 13.1. The van der Waals surface area contributed by atoms with Crippen molar-refractivity contribution < 1.29 is 23.2 Å². The molecule has 4 rings (SSSR count). The van der Waals surface area contributed by atoms with Crippen LogP contribution >= 0.6 is 0 Å². The van der Waals surface area contributed by atoms with Gasteiger partial charge < -0.3 is 18.9 Å². The molecule has 0 N–H and O–H groups in total. The number of methoxy groups -OCH3 is 2. The van der Waals surface area contributed by atoms with Crippen LogP contribution in [0.1, 0.15) is 21.6 Å². The second-order valence-electron chi connectivity index (χ2n) is 7.32. The fourth-order valence-corrected chi connectivity index (χ4v) is 3.64. The van der Waals surface area contributed by atoms with Crippen LogP contribution in [0.15, 0.2) is 53.1 Å². The lowest BCUT2D eigenvalue weighted by Gasteiger charge is -2.20. The first-order valence-corrected chi connectivity index (χ1v) is 9.91. The van der Waals surface area contributed by atoms with Crippen LogP contribution in [0.5, 0.6) is 11.5 Å². The molecule has 0 atom stereocenters. The van der Waals surface area contributed by atoms with Crippen molar-refractivity contribution in [2.45, 2.75) is 13.5 Å². The average molecular weight is 435 g/mol. The van der Waals surface area contributed by atoms with Crippen LogP contribution in [0, 0.1) is 12.7 Å². The molecule has 0 aliphatic carbocycles. The number of carbonyl (C=O) groups excluding carboxylic acids is 1. The van der Waals surface area contributed by atoms with E-state index < -0.39 is 0 Å². The molecule has 0 bridgehead atoms. The molecule has 0 spiro atoms. The predicted octanol–water partition coefficient (Wildman–Crippen LogP) is 4.63. The maximum atomic E-state index is 13.5. The Kier molecular flexibility index (Phi) is 5.77. The summed E-state index contributed by atoms with van der Waals surface area (Å²) in [6.07, 6.45) is 0. The first-order valence-electron chi connectivity index (χ1n) is 9.91. The number of aryl methyl sites for hydroxylation is 1. The van der Waals surface area contributed by atoms with E-state index in [1.165, 1.54) is 12.1 Å². The number of fused-ring (bicyclic) bond motifs is 1. The van der Waals surface area contributed by atoms with Crippen molar-refractivity contribution in [3.05, 3.63) is 71.2 Å². The molecule has 0 saturated carbocycles. The van der Waals surface area contributed by atoms with Gasteiger partial charge in [-0.2, -0.15) is 0 Å². The highest BCUT2D eigenvalue weighted by atomic mass is 19.1. The minimum atomic E-state index is -0.353. The van der Waals surface area contributed by atoms with E-state index in [4.69, 9.17) is 14.0 Å². The van der Waals surface area contributed by atoms with Gasteiger partial charge in [-0.1, -0.05) is 17.3 Å². The summed E-state index contributed by atoms with van der Waals surface area (Å²) < 4.78 is 29.6. The van der Waals surface area contributed by atoms with Gasteiger partial charge in [0.2, 0.25) is 0 Å². The largest absolute Gasteiger partial charge is 0.493 e. The number of hydrogen-bond donors (Lipinski definition) is 0. The number of carbonyl (C=O) groups is 1. The Morgan fingerprint density at radius 1 is 1.12 bits per heavy atom. The summed E-state index contributed by atoms with van der Waals surface area (Å²) in [6.45, 7) is 2.05. The Morgan fingerprint density at radius 2 is 1.88 bits per heavy atom. The number of aromatic nitrogens is 2. The van der Waals surface area contributed by atoms with E-state index >= 15 is 0 Å². The molecule has 0 unspecified atom stereocenters. The Hall–Kier alpha value is -3.94. The molecule has 164 valence electrons. The van der Waals surface area contributed by atoms with Crippen molar-refractivity contribution in [1.82, 2.24) is 15.0 Å². The molecule has 0 radical (unpaired) electrons. The van der Waals surface area contributed by atoms with Crippen LogP contribution < -0.4 is 9.47 Å². The third-order valence-corrected chi connectivity index (χ3v) is 5.23. The molecule has 4 aromatic rings. The fourth-order valence-electron chi connectivity index (χ4n) is 3.64. The average Bonchev–Trinajstić information content (AvgIpc) is 3.18. The quantitative estimate of drug-likeness (QED) is 0.440. The summed E-state index contributed by atoms with van der Waals surface area (Å²) in [5, 5.41) is 4.52. The molecule has 2 aromatic carbocycles. The number of halogens is 1. The van der Waals surface area contributed by atoms with E-state index in [0.29, 0.717) is 45.9 Å². The summed E-state index contributed by atoms with van der Waals surface area (Å²) in [5.41, 5.74) is 3.16. The lowest BCUT2D eigenvalue weighted by atomic mass is 10.0. The van der Waals surface area contributed by atoms with E-state index in [0.717, 1.165) is 5.56 Å².